The first kappa shape index (κ1) is 17.4. The Morgan fingerprint density at radius 2 is 2.10 bits per heavy atom. The summed E-state index contributed by atoms with van der Waals surface area (Å²) in [6.07, 6.45) is 0. The SMILES string of the molecule is CC(C)(C(=O)NCCOCC(=O)O)c1ccc(Cl)cc1F. The van der Waals surface area contributed by atoms with E-state index in [1.165, 1.54) is 12.1 Å². The summed E-state index contributed by atoms with van der Waals surface area (Å²) in [6.45, 7) is 2.96. The molecule has 0 unspecified atom stereocenters. The zero-order valence-corrected chi connectivity index (χ0v) is 12.5. The molecule has 0 atom stereocenters. The highest BCUT2D eigenvalue weighted by molar-refractivity contribution is 6.30. The van der Waals surface area contributed by atoms with E-state index in [-0.39, 0.29) is 29.6 Å². The number of rotatable bonds is 7. The number of ether oxygens (including phenoxy) is 1. The number of aliphatic carboxylic acids is 1. The summed E-state index contributed by atoms with van der Waals surface area (Å²) in [4.78, 5) is 22.4. The maximum atomic E-state index is 13.9. The number of halogens is 2. The topological polar surface area (TPSA) is 75.6 Å². The number of carbonyl (C=O) groups is 2. The molecular weight excluding hydrogens is 301 g/mol. The summed E-state index contributed by atoms with van der Waals surface area (Å²) in [5.74, 6) is -2.02. The fourth-order valence-electron chi connectivity index (χ4n) is 1.74. The maximum Gasteiger partial charge on any atom is 0.329 e. The van der Waals surface area contributed by atoms with Gasteiger partial charge in [0.15, 0.2) is 0 Å². The summed E-state index contributed by atoms with van der Waals surface area (Å²) in [6, 6.07) is 4.14. The van der Waals surface area contributed by atoms with Gasteiger partial charge in [-0.1, -0.05) is 17.7 Å². The summed E-state index contributed by atoms with van der Waals surface area (Å²) < 4.78 is 18.7. The van der Waals surface area contributed by atoms with Crippen molar-refractivity contribution in [1.29, 1.82) is 0 Å². The van der Waals surface area contributed by atoms with Crippen LogP contribution in [0.1, 0.15) is 19.4 Å². The average molecular weight is 318 g/mol. The monoisotopic (exact) mass is 317 g/mol. The zero-order chi connectivity index (χ0) is 16.0. The number of benzene rings is 1. The summed E-state index contributed by atoms with van der Waals surface area (Å²) in [5, 5.41) is 11.2. The van der Waals surface area contributed by atoms with E-state index in [1.54, 1.807) is 13.8 Å². The lowest BCUT2D eigenvalue weighted by Gasteiger charge is -2.24. The minimum Gasteiger partial charge on any atom is -0.480 e. The largest absolute Gasteiger partial charge is 0.480 e. The van der Waals surface area contributed by atoms with Crippen LogP contribution in [0, 0.1) is 5.82 Å². The van der Waals surface area contributed by atoms with Gasteiger partial charge in [0.05, 0.1) is 12.0 Å². The van der Waals surface area contributed by atoms with Gasteiger partial charge in [-0.2, -0.15) is 0 Å². The molecule has 0 aromatic heterocycles. The van der Waals surface area contributed by atoms with Gasteiger partial charge in [0.2, 0.25) is 5.91 Å². The first-order chi connectivity index (χ1) is 9.75. The Morgan fingerprint density at radius 3 is 2.67 bits per heavy atom. The Labute approximate surface area is 127 Å². The van der Waals surface area contributed by atoms with Crippen LogP contribution in [0.3, 0.4) is 0 Å². The summed E-state index contributed by atoms with van der Waals surface area (Å²) in [7, 11) is 0. The van der Waals surface area contributed by atoms with Crippen LogP contribution in [0.15, 0.2) is 18.2 Å². The molecule has 0 aliphatic rings. The Morgan fingerprint density at radius 1 is 1.43 bits per heavy atom. The number of hydrogen-bond donors (Lipinski definition) is 2. The number of carboxylic acids is 1. The van der Waals surface area contributed by atoms with Crippen LogP contribution in [0.5, 0.6) is 0 Å². The lowest BCUT2D eigenvalue weighted by Crippen LogP contribution is -2.42. The van der Waals surface area contributed by atoms with E-state index >= 15 is 0 Å². The molecule has 21 heavy (non-hydrogen) atoms. The molecule has 0 bridgehead atoms. The van der Waals surface area contributed by atoms with Crippen molar-refractivity contribution >= 4 is 23.5 Å². The molecule has 0 radical (unpaired) electrons. The van der Waals surface area contributed by atoms with Gasteiger partial charge in [0.1, 0.15) is 12.4 Å². The van der Waals surface area contributed by atoms with E-state index in [0.29, 0.717) is 0 Å². The molecule has 0 fully saturated rings. The predicted octanol–water partition coefficient (Wildman–Crippen LogP) is 1.97. The molecule has 5 nitrogen and oxygen atoms in total. The van der Waals surface area contributed by atoms with Gasteiger partial charge >= 0.3 is 5.97 Å². The smallest absolute Gasteiger partial charge is 0.329 e. The van der Waals surface area contributed by atoms with Crippen molar-refractivity contribution in [2.24, 2.45) is 0 Å². The van der Waals surface area contributed by atoms with Crippen molar-refractivity contribution in [2.75, 3.05) is 19.8 Å². The Balaban J connectivity index is 2.60. The van der Waals surface area contributed by atoms with Gasteiger partial charge in [-0.3, -0.25) is 4.79 Å². The first-order valence-electron chi connectivity index (χ1n) is 6.28. The second-order valence-electron chi connectivity index (χ2n) is 4.95. The number of hydrogen-bond acceptors (Lipinski definition) is 3. The Hall–Kier alpha value is -1.66. The lowest BCUT2D eigenvalue weighted by molar-refractivity contribution is -0.142. The van der Waals surface area contributed by atoms with Gasteiger partial charge in [-0.05, 0) is 26.0 Å². The van der Waals surface area contributed by atoms with E-state index in [2.05, 4.69) is 5.32 Å². The highest BCUT2D eigenvalue weighted by Crippen LogP contribution is 2.27. The van der Waals surface area contributed by atoms with E-state index < -0.39 is 23.8 Å². The molecule has 7 heteroatoms. The van der Waals surface area contributed by atoms with E-state index in [1.807, 2.05) is 0 Å². The molecule has 1 amide bonds. The molecular formula is C14H17ClFNO4. The molecule has 1 aromatic rings. The molecule has 0 saturated heterocycles. The third-order valence-corrected chi connectivity index (χ3v) is 3.16. The van der Waals surface area contributed by atoms with Crippen LogP contribution in [0.25, 0.3) is 0 Å². The highest BCUT2D eigenvalue weighted by Gasteiger charge is 2.32. The molecule has 0 aliphatic heterocycles. The molecule has 1 rings (SSSR count). The van der Waals surface area contributed by atoms with Crippen LogP contribution in [-0.2, 0) is 19.7 Å². The minimum atomic E-state index is -1.08. The van der Waals surface area contributed by atoms with Crippen LogP contribution in [-0.4, -0.2) is 36.7 Å². The Bertz CT molecular complexity index is 534. The van der Waals surface area contributed by atoms with Crippen LogP contribution in [0.4, 0.5) is 4.39 Å². The quantitative estimate of drug-likeness (QED) is 0.754. The van der Waals surface area contributed by atoms with Crippen molar-refractivity contribution in [1.82, 2.24) is 5.32 Å². The summed E-state index contributed by atoms with van der Waals surface area (Å²) in [5.41, 5.74) is -0.850. The number of amides is 1. The van der Waals surface area contributed by atoms with Gasteiger partial charge in [-0.25, -0.2) is 9.18 Å². The van der Waals surface area contributed by atoms with Crippen LogP contribution in [0.2, 0.25) is 5.02 Å². The molecule has 116 valence electrons. The second-order valence-corrected chi connectivity index (χ2v) is 5.39. The average Bonchev–Trinajstić information content (AvgIpc) is 2.37. The van der Waals surface area contributed by atoms with Crippen LogP contribution >= 0.6 is 11.6 Å². The van der Waals surface area contributed by atoms with E-state index in [4.69, 9.17) is 21.4 Å². The fourth-order valence-corrected chi connectivity index (χ4v) is 1.89. The van der Waals surface area contributed by atoms with Crippen LogP contribution < -0.4 is 5.32 Å². The number of carbonyl (C=O) groups excluding carboxylic acids is 1. The van der Waals surface area contributed by atoms with Crippen molar-refractivity contribution in [3.63, 3.8) is 0 Å². The summed E-state index contributed by atoms with van der Waals surface area (Å²) >= 11 is 5.69. The van der Waals surface area contributed by atoms with Gasteiger partial charge in [-0.15, -0.1) is 0 Å². The molecule has 0 heterocycles. The molecule has 2 N–H and O–H groups in total. The molecule has 0 aliphatic carbocycles. The normalized spacial score (nSPS) is 11.2. The van der Waals surface area contributed by atoms with Gasteiger partial charge in [0, 0.05) is 17.1 Å². The number of nitrogens with one attached hydrogen (secondary N) is 1. The predicted molar refractivity (Wildman–Crippen MR) is 75.9 cm³/mol. The molecule has 0 saturated carbocycles. The highest BCUT2D eigenvalue weighted by atomic mass is 35.5. The third-order valence-electron chi connectivity index (χ3n) is 2.93. The lowest BCUT2D eigenvalue weighted by atomic mass is 9.83. The zero-order valence-electron chi connectivity index (χ0n) is 11.8. The fraction of sp³-hybridized carbons (Fsp3) is 0.429. The Kier molecular flexibility index (Phi) is 6.11. The molecule has 1 aromatic carbocycles. The van der Waals surface area contributed by atoms with E-state index in [0.717, 1.165) is 6.07 Å². The van der Waals surface area contributed by atoms with E-state index in [9.17, 15) is 14.0 Å². The number of carboxylic acid groups (broad SMARTS) is 1. The first-order valence-corrected chi connectivity index (χ1v) is 6.66. The van der Waals surface area contributed by atoms with Crippen molar-refractivity contribution in [2.45, 2.75) is 19.3 Å². The van der Waals surface area contributed by atoms with Crippen molar-refractivity contribution < 1.29 is 23.8 Å². The van der Waals surface area contributed by atoms with Gasteiger partial charge in [0.25, 0.3) is 0 Å². The molecule has 0 spiro atoms. The van der Waals surface area contributed by atoms with Gasteiger partial charge < -0.3 is 15.2 Å². The van der Waals surface area contributed by atoms with Crippen molar-refractivity contribution in [3.8, 4) is 0 Å². The minimum absolute atomic E-state index is 0.0667. The van der Waals surface area contributed by atoms with Crippen molar-refractivity contribution in [3.05, 3.63) is 34.6 Å². The standard InChI is InChI=1S/C14H17ClFNO4/c1-14(2,10-4-3-9(15)7-11(10)16)13(20)17-5-6-21-8-12(18)19/h3-4,7H,5-6,8H2,1-2H3,(H,17,20)(H,18,19). The third kappa shape index (κ3) is 4.99. The second kappa shape index (κ2) is 7.38. The maximum absolute atomic E-state index is 13.9.